The van der Waals surface area contributed by atoms with Crippen molar-refractivity contribution in [3.8, 4) is 5.75 Å². The minimum absolute atomic E-state index is 0.654. The van der Waals surface area contributed by atoms with Crippen LogP contribution in [0.15, 0.2) is 22.7 Å². The molecule has 1 aromatic carbocycles. The van der Waals surface area contributed by atoms with Crippen LogP contribution in [-0.4, -0.2) is 19.7 Å². The van der Waals surface area contributed by atoms with E-state index in [1.807, 2.05) is 0 Å². The van der Waals surface area contributed by atoms with Crippen LogP contribution in [0.4, 0.5) is 0 Å². The van der Waals surface area contributed by atoms with Gasteiger partial charge in [-0.25, -0.2) is 0 Å². The van der Waals surface area contributed by atoms with Gasteiger partial charge in [-0.1, -0.05) is 36.2 Å². The fourth-order valence-corrected chi connectivity index (χ4v) is 4.09. The van der Waals surface area contributed by atoms with Gasteiger partial charge in [0.05, 0.1) is 7.11 Å². The highest BCUT2D eigenvalue weighted by Crippen LogP contribution is 2.35. The van der Waals surface area contributed by atoms with E-state index in [4.69, 9.17) is 4.74 Å². The summed E-state index contributed by atoms with van der Waals surface area (Å²) < 4.78 is 6.69. The Hall–Kier alpha value is -0.540. The van der Waals surface area contributed by atoms with E-state index < -0.39 is 0 Å². The van der Waals surface area contributed by atoms with E-state index in [-0.39, 0.29) is 0 Å². The Bertz CT molecular complexity index is 449. The molecule has 21 heavy (non-hydrogen) atoms. The first-order valence-electron chi connectivity index (χ1n) is 8.23. The lowest BCUT2D eigenvalue weighted by atomic mass is 9.74. The fourth-order valence-electron chi connectivity index (χ4n) is 3.68. The molecule has 2 nitrogen and oxygen atoms in total. The molecule has 3 atom stereocenters. The van der Waals surface area contributed by atoms with E-state index in [1.165, 1.54) is 31.2 Å². The van der Waals surface area contributed by atoms with E-state index in [1.54, 1.807) is 7.11 Å². The van der Waals surface area contributed by atoms with Crippen molar-refractivity contribution in [1.29, 1.82) is 0 Å². The summed E-state index contributed by atoms with van der Waals surface area (Å²) in [7, 11) is 1.77. The number of rotatable bonds is 6. The van der Waals surface area contributed by atoms with Crippen LogP contribution >= 0.6 is 15.9 Å². The van der Waals surface area contributed by atoms with Crippen molar-refractivity contribution >= 4 is 15.9 Å². The lowest BCUT2D eigenvalue weighted by molar-refractivity contribution is 0.199. The SMILES string of the molecule is CCNC1CCC(CC)CC1Cc1cc(Br)ccc1OC. The van der Waals surface area contributed by atoms with Gasteiger partial charge in [-0.2, -0.15) is 0 Å². The molecule has 1 aliphatic carbocycles. The molecule has 3 unspecified atom stereocenters. The lowest BCUT2D eigenvalue weighted by Gasteiger charge is -2.37. The van der Waals surface area contributed by atoms with E-state index in [0.29, 0.717) is 12.0 Å². The normalized spacial score (nSPS) is 25.8. The molecule has 0 aliphatic heterocycles. The molecular weight excluding hydrogens is 326 g/mol. The molecule has 1 fully saturated rings. The molecule has 1 N–H and O–H groups in total. The van der Waals surface area contributed by atoms with Crippen LogP contribution in [0, 0.1) is 11.8 Å². The van der Waals surface area contributed by atoms with Crippen LogP contribution in [0.5, 0.6) is 5.75 Å². The third-order valence-electron chi connectivity index (χ3n) is 4.86. The van der Waals surface area contributed by atoms with E-state index >= 15 is 0 Å². The van der Waals surface area contributed by atoms with Gasteiger partial charge < -0.3 is 10.1 Å². The van der Waals surface area contributed by atoms with E-state index in [9.17, 15) is 0 Å². The molecule has 2 rings (SSSR count). The van der Waals surface area contributed by atoms with Gasteiger partial charge in [0.15, 0.2) is 0 Å². The predicted octanol–water partition coefficient (Wildman–Crippen LogP) is 4.80. The number of ether oxygens (including phenoxy) is 1. The van der Waals surface area contributed by atoms with Gasteiger partial charge in [0, 0.05) is 10.5 Å². The van der Waals surface area contributed by atoms with Crippen LogP contribution < -0.4 is 10.1 Å². The van der Waals surface area contributed by atoms with Crippen molar-refractivity contribution < 1.29 is 4.74 Å². The highest BCUT2D eigenvalue weighted by molar-refractivity contribution is 9.10. The van der Waals surface area contributed by atoms with Gasteiger partial charge in [-0.3, -0.25) is 0 Å². The Morgan fingerprint density at radius 2 is 2.10 bits per heavy atom. The second kappa shape index (κ2) is 8.19. The zero-order valence-corrected chi connectivity index (χ0v) is 15.1. The van der Waals surface area contributed by atoms with Crippen molar-refractivity contribution in [3.63, 3.8) is 0 Å². The van der Waals surface area contributed by atoms with E-state index in [0.717, 1.165) is 29.1 Å². The van der Waals surface area contributed by atoms with Crippen LogP contribution in [0.25, 0.3) is 0 Å². The smallest absolute Gasteiger partial charge is 0.122 e. The van der Waals surface area contributed by atoms with Crippen molar-refractivity contribution in [2.45, 2.75) is 52.0 Å². The Kier molecular flexibility index (Phi) is 6.56. The number of hydrogen-bond acceptors (Lipinski definition) is 2. The second-order valence-electron chi connectivity index (χ2n) is 6.17. The molecule has 118 valence electrons. The van der Waals surface area contributed by atoms with Gasteiger partial charge in [0.25, 0.3) is 0 Å². The summed E-state index contributed by atoms with van der Waals surface area (Å²) in [5, 5.41) is 3.70. The maximum absolute atomic E-state index is 5.55. The van der Waals surface area contributed by atoms with Crippen LogP contribution in [0.2, 0.25) is 0 Å². The molecule has 0 amide bonds. The molecule has 0 aromatic heterocycles. The molecule has 3 heteroatoms. The molecule has 0 bridgehead atoms. The minimum atomic E-state index is 0.654. The molecule has 1 saturated carbocycles. The lowest BCUT2D eigenvalue weighted by Crippen LogP contribution is -2.41. The Morgan fingerprint density at radius 1 is 1.29 bits per heavy atom. The molecule has 1 aromatic rings. The van der Waals surface area contributed by atoms with Crippen molar-refractivity contribution in [3.05, 3.63) is 28.2 Å². The summed E-state index contributed by atoms with van der Waals surface area (Å²) in [5.41, 5.74) is 1.33. The monoisotopic (exact) mass is 353 g/mol. The molecular formula is C18H28BrNO. The zero-order valence-electron chi connectivity index (χ0n) is 13.5. The molecule has 0 saturated heterocycles. The number of methoxy groups -OCH3 is 1. The Balaban J connectivity index is 2.15. The summed E-state index contributed by atoms with van der Waals surface area (Å²) in [6, 6.07) is 7.00. The summed E-state index contributed by atoms with van der Waals surface area (Å²) >= 11 is 3.59. The first-order valence-corrected chi connectivity index (χ1v) is 9.03. The van der Waals surface area contributed by atoms with E-state index in [2.05, 4.69) is 53.3 Å². The largest absolute Gasteiger partial charge is 0.496 e. The average Bonchev–Trinajstić information content (AvgIpc) is 2.49. The summed E-state index contributed by atoms with van der Waals surface area (Å²) in [4.78, 5) is 0. The molecule has 0 radical (unpaired) electrons. The minimum Gasteiger partial charge on any atom is -0.496 e. The van der Waals surface area contributed by atoms with Crippen molar-refractivity contribution in [2.24, 2.45) is 11.8 Å². The first-order chi connectivity index (χ1) is 10.2. The first kappa shape index (κ1) is 16.8. The molecule has 1 aliphatic rings. The third kappa shape index (κ3) is 4.46. The third-order valence-corrected chi connectivity index (χ3v) is 5.35. The fraction of sp³-hybridized carbons (Fsp3) is 0.667. The Morgan fingerprint density at radius 3 is 2.76 bits per heavy atom. The standard InChI is InChI=1S/C18H28BrNO/c1-4-13-6-8-17(20-5-2)14(10-13)11-15-12-16(19)7-9-18(15)21-3/h7,9,12-14,17,20H,4-6,8,10-11H2,1-3H3. The number of hydrogen-bond donors (Lipinski definition) is 1. The summed E-state index contributed by atoms with van der Waals surface area (Å²) in [6.45, 7) is 5.60. The second-order valence-corrected chi connectivity index (χ2v) is 7.09. The maximum atomic E-state index is 5.55. The van der Waals surface area contributed by atoms with Gasteiger partial charge >= 0.3 is 0 Å². The van der Waals surface area contributed by atoms with Gasteiger partial charge in [-0.15, -0.1) is 0 Å². The quantitative estimate of drug-likeness (QED) is 0.792. The average molecular weight is 354 g/mol. The van der Waals surface area contributed by atoms with Crippen LogP contribution in [0.3, 0.4) is 0 Å². The topological polar surface area (TPSA) is 21.3 Å². The molecule has 0 spiro atoms. The summed E-state index contributed by atoms with van der Waals surface area (Å²) in [6.07, 6.45) is 6.44. The van der Waals surface area contributed by atoms with Gasteiger partial charge in [0.1, 0.15) is 5.75 Å². The zero-order chi connectivity index (χ0) is 15.2. The highest BCUT2D eigenvalue weighted by atomic mass is 79.9. The van der Waals surface area contributed by atoms with Gasteiger partial charge in [-0.05, 0) is 67.8 Å². The summed E-state index contributed by atoms with van der Waals surface area (Å²) in [5.74, 6) is 2.63. The highest BCUT2D eigenvalue weighted by Gasteiger charge is 2.29. The van der Waals surface area contributed by atoms with Crippen molar-refractivity contribution in [2.75, 3.05) is 13.7 Å². The maximum Gasteiger partial charge on any atom is 0.122 e. The number of halogens is 1. The van der Waals surface area contributed by atoms with Crippen molar-refractivity contribution in [1.82, 2.24) is 5.32 Å². The number of benzene rings is 1. The number of nitrogens with one attached hydrogen (secondary N) is 1. The predicted molar refractivity (Wildman–Crippen MR) is 93.0 cm³/mol. The van der Waals surface area contributed by atoms with Gasteiger partial charge in [0.2, 0.25) is 0 Å². The van der Waals surface area contributed by atoms with Crippen LogP contribution in [-0.2, 0) is 6.42 Å². The Labute approximate surface area is 137 Å². The molecule has 0 heterocycles. The van der Waals surface area contributed by atoms with Crippen LogP contribution in [0.1, 0.15) is 45.1 Å².